The molecule has 0 saturated heterocycles. The Kier molecular flexibility index (Phi) is 2.34. The lowest BCUT2D eigenvalue weighted by Crippen LogP contribution is -2.00. The zero-order chi connectivity index (χ0) is 7.56. The standard InChI is InChI=1S/C6H6BrFN2/c7-6-1-4(2-9)5(8)3-10-6/h1,3H,2,9H2. The molecule has 2 nitrogen and oxygen atoms in total. The Labute approximate surface area is 66.4 Å². The van der Waals surface area contributed by atoms with Crippen molar-refractivity contribution >= 4 is 15.9 Å². The van der Waals surface area contributed by atoms with E-state index in [9.17, 15) is 4.39 Å². The van der Waals surface area contributed by atoms with Crippen molar-refractivity contribution in [1.82, 2.24) is 4.98 Å². The van der Waals surface area contributed by atoms with Crippen LogP contribution in [0.2, 0.25) is 0 Å². The fourth-order valence-electron chi connectivity index (χ4n) is 0.608. The van der Waals surface area contributed by atoms with Crippen molar-refractivity contribution in [3.05, 3.63) is 28.2 Å². The zero-order valence-electron chi connectivity index (χ0n) is 5.14. The van der Waals surface area contributed by atoms with Gasteiger partial charge in [0.1, 0.15) is 10.4 Å². The van der Waals surface area contributed by atoms with Crippen molar-refractivity contribution in [2.24, 2.45) is 5.73 Å². The van der Waals surface area contributed by atoms with Gasteiger partial charge in [0.2, 0.25) is 0 Å². The van der Waals surface area contributed by atoms with Gasteiger partial charge in [-0.15, -0.1) is 0 Å². The van der Waals surface area contributed by atoms with E-state index < -0.39 is 0 Å². The van der Waals surface area contributed by atoms with Crippen LogP contribution in [-0.4, -0.2) is 4.98 Å². The highest BCUT2D eigenvalue weighted by Crippen LogP contribution is 2.10. The van der Waals surface area contributed by atoms with Gasteiger partial charge in [-0.2, -0.15) is 0 Å². The van der Waals surface area contributed by atoms with Crippen molar-refractivity contribution in [3.63, 3.8) is 0 Å². The molecule has 1 rings (SSSR count). The summed E-state index contributed by atoms with van der Waals surface area (Å²) in [5.41, 5.74) is 5.70. The third kappa shape index (κ3) is 1.52. The number of halogens is 2. The summed E-state index contributed by atoms with van der Waals surface area (Å²) in [5, 5.41) is 0. The maximum Gasteiger partial charge on any atom is 0.146 e. The fourth-order valence-corrected chi connectivity index (χ4v) is 0.986. The van der Waals surface area contributed by atoms with E-state index in [1.54, 1.807) is 6.07 Å². The summed E-state index contributed by atoms with van der Waals surface area (Å²) in [6.45, 7) is 0.201. The van der Waals surface area contributed by atoms with E-state index in [2.05, 4.69) is 20.9 Å². The molecule has 0 amide bonds. The maximum absolute atomic E-state index is 12.6. The van der Waals surface area contributed by atoms with E-state index in [1.165, 1.54) is 0 Å². The SMILES string of the molecule is NCc1cc(Br)ncc1F. The third-order valence-electron chi connectivity index (χ3n) is 1.12. The first kappa shape index (κ1) is 7.63. The summed E-state index contributed by atoms with van der Waals surface area (Å²) in [5.74, 6) is -0.356. The first-order valence-corrected chi connectivity index (χ1v) is 3.53. The Hall–Kier alpha value is -0.480. The Morgan fingerprint density at radius 1 is 1.70 bits per heavy atom. The maximum atomic E-state index is 12.6. The molecule has 0 radical (unpaired) electrons. The molecule has 1 aromatic rings. The van der Waals surface area contributed by atoms with E-state index >= 15 is 0 Å². The summed E-state index contributed by atoms with van der Waals surface area (Å²) in [7, 11) is 0. The number of pyridine rings is 1. The highest BCUT2D eigenvalue weighted by atomic mass is 79.9. The van der Waals surface area contributed by atoms with Gasteiger partial charge in [0.05, 0.1) is 6.20 Å². The average molecular weight is 205 g/mol. The molecule has 0 aliphatic heterocycles. The minimum absolute atomic E-state index is 0.201. The Morgan fingerprint density at radius 3 is 2.90 bits per heavy atom. The fraction of sp³-hybridized carbons (Fsp3) is 0.167. The third-order valence-corrected chi connectivity index (χ3v) is 1.55. The van der Waals surface area contributed by atoms with Crippen LogP contribution in [0.15, 0.2) is 16.9 Å². The highest BCUT2D eigenvalue weighted by Gasteiger charge is 1.99. The number of aromatic nitrogens is 1. The molecule has 0 atom stereocenters. The van der Waals surface area contributed by atoms with Gasteiger partial charge in [0.25, 0.3) is 0 Å². The van der Waals surface area contributed by atoms with Crippen LogP contribution >= 0.6 is 15.9 Å². The molecule has 0 fully saturated rings. The van der Waals surface area contributed by atoms with Crippen LogP contribution in [-0.2, 0) is 6.54 Å². The monoisotopic (exact) mass is 204 g/mol. The summed E-state index contributed by atoms with van der Waals surface area (Å²) in [6.07, 6.45) is 1.15. The van der Waals surface area contributed by atoms with Crippen molar-refractivity contribution in [3.8, 4) is 0 Å². The molecule has 0 aliphatic rings. The lowest BCUT2D eigenvalue weighted by molar-refractivity contribution is 0.603. The van der Waals surface area contributed by atoms with E-state index in [0.717, 1.165) is 6.20 Å². The first-order valence-electron chi connectivity index (χ1n) is 2.74. The number of nitrogens with two attached hydrogens (primary N) is 1. The summed E-state index contributed by atoms with van der Waals surface area (Å²) in [6, 6.07) is 1.56. The number of rotatable bonds is 1. The molecule has 2 N–H and O–H groups in total. The number of hydrogen-bond donors (Lipinski definition) is 1. The van der Waals surface area contributed by atoms with E-state index in [0.29, 0.717) is 10.2 Å². The first-order chi connectivity index (χ1) is 4.74. The predicted molar refractivity (Wildman–Crippen MR) is 39.8 cm³/mol. The molecule has 1 heterocycles. The molecule has 0 spiro atoms. The number of hydrogen-bond acceptors (Lipinski definition) is 2. The van der Waals surface area contributed by atoms with Gasteiger partial charge in [-0.25, -0.2) is 9.37 Å². The van der Waals surface area contributed by atoms with Crippen molar-refractivity contribution in [2.45, 2.75) is 6.54 Å². The molecule has 0 aliphatic carbocycles. The molecule has 0 saturated carbocycles. The quantitative estimate of drug-likeness (QED) is 0.704. The summed E-state index contributed by atoms with van der Waals surface area (Å²) in [4.78, 5) is 3.67. The Morgan fingerprint density at radius 2 is 2.40 bits per heavy atom. The molecule has 0 unspecified atom stereocenters. The van der Waals surface area contributed by atoms with Crippen molar-refractivity contribution in [1.29, 1.82) is 0 Å². The average Bonchev–Trinajstić information content (AvgIpc) is 1.94. The van der Waals surface area contributed by atoms with Gasteiger partial charge in [-0.1, -0.05) is 0 Å². The molecular formula is C6H6BrFN2. The van der Waals surface area contributed by atoms with E-state index in [1.807, 2.05) is 0 Å². The molecule has 0 aromatic carbocycles. The van der Waals surface area contributed by atoms with Gasteiger partial charge >= 0.3 is 0 Å². The largest absolute Gasteiger partial charge is 0.326 e. The van der Waals surface area contributed by atoms with Crippen LogP contribution in [0.5, 0.6) is 0 Å². The highest BCUT2D eigenvalue weighted by molar-refractivity contribution is 9.10. The topological polar surface area (TPSA) is 38.9 Å². The second-order valence-electron chi connectivity index (χ2n) is 1.80. The molecule has 4 heteroatoms. The van der Waals surface area contributed by atoms with E-state index in [4.69, 9.17) is 5.73 Å². The van der Waals surface area contributed by atoms with Crippen LogP contribution in [0.25, 0.3) is 0 Å². The second kappa shape index (κ2) is 3.07. The smallest absolute Gasteiger partial charge is 0.146 e. The van der Waals surface area contributed by atoms with Crippen LogP contribution in [0, 0.1) is 5.82 Å². The summed E-state index contributed by atoms with van der Waals surface area (Å²) >= 11 is 3.10. The Balaban J connectivity index is 3.09. The lowest BCUT2D eigenvalue weighted by Gasteiger charge is -1.97. The van der Waals surface area contributed by atoms with Crippen molar-refractivity contribution < 1.29 is 4.39 Å². The van der Waals surface area contributed by atoms with Crippen LogP contribution in [0.1, 0.15) is 5.56 Å². The van der Waals surface area contributed by atoms with Crippen LogP contribution in [0.3, 0.4) is 0 Å². The molecule has 54 valence electrons. The second-order valence-corrected chi connectivity index (χ2v) is 2.62. The van der Waals surface area contributed by atoms with Crippen molar-refractivity contribution in [2.75, 3.05) is 0 Å². The van der Waals surface area contributed by atoms with E-state index in [-0.39, 0.29) is 12.4 Å². The van der Waals surface area contributed by atoms with Gasteiger partial charge in [-0.05, 0) is 22.0 Å². The summed E-state index contributed by atoms with van der Waals surface area (Å²) < 4.78 is 13.2. The van der Waals surface area contributed by atoms with Gasteiger partial charge in [-0.3, -0.25) is 0 Å². The van der Waals surface area contributed by atoms with Crippen LogP contribution in [0.4, 0.5) is 4.39 Å². The van der Waals surface area contributed by atoms with Gasteiger partial charge in [0, 0.05) is 12.1 Å². The predicted octanol–water partition coefficient (Wildman–Crippen LogP) is 1.44. The lowest BCUT2D eigenvalue weighted by atomic mass is 10.3. The Bertz CT molecular complexity index is 239. The number of nitrogens with zero attached hydrogens (tertiary/aromatic N) is 1. The molecule has 0 bridgehead atoms. The van der Waals surface area contributed by atoms with Gasteiger partial charge < -0.3 is 5.73 Å². The molecule has 1 aromatic heterocycles. The van der Waals surface area contributed by atoms with Gasteiger partial charge in [0.15, 0.2) is 0 Å². The minimum Gasteiger partial charge on any atom is -0.326 e. The minimum atomic E-state index is -0.356. The zero-order valence-corrected chi connectivity index (χ0v) is 6.73. The normalized spacial score (nSPS) is 9.90. The molecular weight excluding hydrogens is 199 g/mol. The molecule has 10 heavy (non-hydrogen) atoms. The van der Waals surface area contributed by atoms with Crippen LogP contribution < -0.4 is 5.73 Å².